The van der Waals surface area contributed by atoms with E-state index in [1.165, 1.54) is 0 Å². The van der Waals surface area contributed by atoms with E-state index in [1.807, 2.05) is 6.92 Å². The lowest BCUT2D eigenvalue weighted by Crippen LogP contribution is -2.15. The van der Waals surface area contributed by atoms with Crippen molar-refractivity contribution in [3.05, 3.63) is 28.5 Å². The van der Waals surface area contributed by atoms with E-state index >= 15 is 0 Å². The molecule has 1 atom stereocenters. The standard InChI is InChI=1S/C11H13BrN6/c1-6(13)10-16-9(7-2-3-7)17-18(10)11-14-4-8(12)5-15-11/h4-7H,2-3,13H2,1H3. The summed E-state index contributed by atoms with van der Waals surface area (Å²) < 4.78 is 2.47. The van der Waals surface area contributed by atoms with Crippen LogP contribution in [0, 0.1) is 0 Å². The second-order valence-electron chi connectivity index (χ2n) is 4.50. The van der Waals surface area contributed by atoms with E-state index in [0.717, 1.165) is 23.1 Å². The normalized spacial score (nSPS) is 16.8. The molecule has 0 radical (unpaired) electrons. The molecule has 0 amide bonds. The summed E-state index contributed by atoms with van der Waals surface area (Å²) in [6.07, 6.45) is 5.69. The molecule has 2 aromatic heterocycles. The lowest BCUT2D eigenvalue weighted by atomic mass is 10.3. The van der Waals surface area contributed by atoms with Crippen molar-refractivity contribution in [2.24, 2.45) is 5.73 Å². The molecule has 2 aromatic rings. The summed E-state index contributed by atoms with van der Waals surface area (Å²) in [7, 11) is 0. The van der Waals surface area contributed by atoms with Gasteiger partial charge in [0.2, 0.25) is 0 Å². The lowest BCUT2D eigenvalue weighted by Gasteiger charge is -2.05. The van der Waals surface area contributed by atoms with Crippen LogP contribution < -0.4 is 5.73 Å². The Morgan fingerprint density at radius 1 is 1.39 bits per heavy atom. The van der Waals surface area contributed by atoms with Crippen molar-refractivity contribution in [3.8, 4) is 5.95 Å². The van der Waals surface area contributed by atoms with Crippen molar-refractivity contribution in [1.29, 1.82) is 0 Å². The van der Waals surface area contributed by atoms with Crippen molar-refractivity contribution in [1.82, 2.24) is 24.7 Å². The Balaban J connectivity index is 2.05. The lowest BCUT2D eigenvalue weighted by molar-refractivity contribution is 0.667. The van der Waals surface area contributed by atoms with E-state index in [1.54, 1.807) is 17.1 Å². The molecular weight excluding hydrogens is 296 g/mol. The summed E-state index contributed by atoms with van der Waals surface area (Å²) in [5, 5.41) is 4.48. The van der Waals surface area contributed by atoms with Gasteiger partial charge in [0.1, 0.15) is 0 Å². The van der Waals surface area contributed by atoms with Gasteiger partial charge in [-0.1, -0.05) is 0 Å². The highest BCUT2D eigenvalue weighted by atomic mass is 79.9. The van der Waals surface area contributed by atoms with Gasteiger partial charge in [-0.3, -0.25) is 0 Å². The van der Waals surface area contributed by atoms with Gasteiger partial charge >= 0.3 is 0 Å². The highest BCUT2D eigenvalue weighted by Crippen LogP contribution is 2.38. The highest BCUT2D eigenvalue weighted by Gasteiger charge is 2.30. The maximum Gasteiger partial charge on any atom is 0.252 e. The van der Waals surface area contributed by atoms with Gasteiger partial charge in [-0.05, 0) is 35.7 Å². The van der Waals surface area contributed by atoms with Crippen molar-refractivity contribution >= 4 is 15.9 Å². The fraction of sp³-hybridized carbons (Fsp3) is 0.455. The molecule has 0 bridgehead atoms. The third kappa shape index (κ3) is 2.15. The van der Waals surface area contributed by atoms with Crippen molar-refractivity contribution in [2.75, 3.05) is 0 Å². The van der Waals surface area contributed by atoms with Gasteiger partial charge in [0, 0.05) is 18.3 Å². The van der Waals surface area contributed by atoms with Crippen LogP contribution in [0.5, 0.6) is 0 Å². The topological polar surface area (TPSA) is 82.5 Å². The Hall–Kier alpha value is -1.34. The number of nitrogens with zero attached hydrogens (tertiary/aromatic N) is 5. The fourth-order valence-electron chi connectivity index (χ4n) is 1.71. The molecule has 0 aliphatic heterocycles. The molecule has 3 rings (SSSR count). The molecular formula is C11H13BrN6. The van der Waals surface area contributed by atoms with Gasteiger partial charge in [0.05, 0.1) is 10.5 Å². The third-order valence-electron chi connectivity index (χ3n) is 2.79. The molecule has 1 fully saturated rings. The zero-order valence-electron chi connectivity index (χ0n) is 9.91. The van der Waals surface area contributed by atoms with Crippen LogP contribution in [-0.4, -0.2) is 24.7 Å². The summed E-state index contributed by atoms with van der Waals surface area (Å²) in [6.45, 7) is 1.88. The van der Waals surface area contributed by atoms with Crippen LogP contribution in [0.25, 0.3) is 5.95 Å². The molecule has 1 saturated carbocycles. The van der Waals surface area contributed by atoms with Crippen LogP contribution in [-0.2, 0) is 0 Å². The van der Waals surface area contributed by atoms with Gasteiger partial charge in [-0.25, -0.2) is 15.0 Å². The molecule has 1 unspecified atom stereocenters. The molecule has 18 heavy (non-hydrogen) atoms. The summed E-state index contributed by atoms with van der Waals surface area (Å²) >= 11 is 3.31. The van der Waals surface area contributed by atoms with Crippen LogP contribution in [0.3, 0.4) is 0 Å². The highest BCUT2D eigenvalue weighted by molar-refractivity contribution is 9.10. The maximum absolute atomic E-state index is 5.93. The summed E-state index contributed by atoms with van der Waals surface area (Å²) in [4.78, 5) is 13.0. The van der Waals surface area contributed by atoms with E-state index in [9.17, 15) is 0 Å². The first-order chi connectivity index (χ1) is 8.65. The van der Waals surface area contributed by atoms with Crippen LogP contribution in [0.15, 0.2) is 16.9 Å². The average molecular weight is 309 g/mol. The Labute approximate surface area is 113 Å². The minimum atomic E-state index is -0.197. The summed E-state index contributed by atoms with van der Waals surface area (Å²) in [6, 6.07) is -0.197. The Kier molecular flexibility index (Phi) is 2.87. The molecule has 1 aliphatic rings. The molecule has 2 heterocycles. The molecule has 0 aromatic carbocycles. The molecule has 94 valence electrons. The van der Waals surface area contributed by atoms with Crippen LogP contribution >= 0.6 is 15.9 Å². The first-order valence-corrected chi connectivity index (χ1v) is 6.65. The molecule has 6 nitrogen and oxygen atoms in total. The van der Waals surface area contributed by atoms with Crippen molar-refractivity contribution < 1.29 is 0 Å². The van der Waals surface area contributed by atoms with Crippen LogP contribution in [0.2, 0.25) is 0 Å². The fourth-order valence-corrected chi connectivity index (χ4v) is 1.92. The van der Waals surface area contributed by atoms with E-state index in [4.69, 9.17) is 5.73 Å². The minimum Gasteiger partial charge on any atom is -0.322 e. The Morgan fingerprint density at radius 3 is 2.61 bits per heavy atom. The maximum atomic E-state index is 5.93. The number of hydrogen-bond donors (Lipinski definition) is 1. The molecule has 0 saturated heterocycles. The smallest absolute Gasteiger partial charge is 0.252 e. The quantitative estimate of drug-likeness (QED) is 0.933. The number of hydrogen-bond acceptors (Lipinski definition) is 5. The zero-order valence-corrected chi connectivity index (χ0v) is 11.5. The largest absolute Gasteiger partial charge is 0.322 e. The Bertz CT molecular complexity index is 557. The van der Waals surface area contributed by atoms with E-state index in [0.29, 0.717) is 17.7 Å². The summed E-state index contributed by atoms with van der Waals surface area (Å²) in [5.74, 6) is 2.55. The zero-order chi connectivity index (χ0) is 12.7. The second kappa shape index (κ2) is 4.40. The first kappa shape index (κ1) is 11.7. The number of aromatic nitrogens is 5. The molecule has 7 heteroatoms. The van der Waals surface area contributed by atoms with Crippen molar-refractivity contribution in [2.45, 2.75) is 31.7 Å². The minimum absolute atomic E-state index is 0.197. The van der Waals surface area contributed by atoms with Gasteiger partial charge in [0.25, 0.3) is 5.95 Å². The SMILES string of the molecule is CC(N)c1nc(C2CC2)nn1-c1ncc(Br)cn1. The van der Waals surface area contributed by atoms with E-state index in [2.05, 4.69) is 36.0 Å². The van der Waals surface area contributed by atoms with Gasteiger partial charge in [-0.15, -0.1) is 5.10 Å². The van der Waals surface area contributed by atoms with Crippen molar-refractivity contribution in [3.63, 3.8) is 0 Å². The number of halogens is 1. The Morgan fingerprint density at radius 2 is 2.06 bits per heavy atom. The predicted molar refractivity (Wildman–Crippen MR) is 69.2 cm³/mol. The van der Waals surface area contributed by atoms with E-state index in [-0.39, 0.29) is 6.04 Å². The molecule has 0 spiro atoms. The first-order valence-electron chi connectivity index (χ1n) is 5.85. The van der Waals surface area contributed by atoms with Gasteiger partial charge in [0.15, 0.2) is 11.6 Å². The third-order valence-corrected chi connectivity index (χ3v) is 3.20. The van der Waals surface area contributed by atoms with E-state index < -0.39 is 0 Å². The van der Waals surface area contributed by atoms with Crippen LogP contribution in [0.4, 0.5) is 0 Å². The van der Waals surface area contributed by atoms with Crippen LogP contribution in [0.1, 0.15) is 43.4 Å². The average Bonchev–Trinajstić information content (AvgIpc) is 3.09. The monoisotopic (exact) mass is 308 g/mol. The molecule has 2 N–H and O–H groups in total. The van der Waals surface area contributed by atoms with Gasteiger partial charge in [-0.2, -0.15) is 4.68 Å². The number of nitrogens with two attached hydrogens (primary N) is 1. The summed E-state index contributed by atoms with van der Waals surface area (Å²) in [5.41, 5.74) is 5.93. The number of rotatable bonds is 3. The van der Waals surface area contributed by atoms with Gasteiger partial charge < -0.3 is 5.73 Å². The second-order valence-corrected chi connectivity index (χ2v) is 5.42. The molecule has 1 aliphatic carbocycles. The predicted octanol–water partition coefficient (Wildman–Crippen LogP) is 1.72.